The van der Waals surface area contributed by atoms with Crippen LogP contribution >= 0.6 is 15.9 Å². The molecule has 0 aromatic heterocycles. The molecule has 1 N–H and O–H groups in total. The van der Waals surface area contributed by atoms with Gasteiger partial charge in [0.15, 0.2) is 0 Å². The number of halogens is 2. The van der Waals surface area contributed by atoms with Crippen LogP contribution in [-0.4, -0.2) is 29.6 Å². The third kappa shape index (κ3) is 4.76. The van der Waals surface area contributed by atoms with Gasteiger partial charge >= 0.3 is 0 Å². The number of nitrogens with zero attached hydrogens (tertiary/aromatic N) is 1. The molecule has 0 spiro atoms. The van der Waals surface area contributed by atoms with Gasteiger partial charge in [-0.05, 0) is 59.8 Å². The van der Waals surface area contributed by atoms with Gasteiger partial charge in [-0.1, -0.05) is 19.9 Å². The molecule has 2 rings (SSSR count). The van der Waals surface area contributed by atoms with Crippen LogP contribution in [0.4, 0.5) is 4.39 Å². The summed E-state index contributed by atoms with van der Waals surface area (Å²) in [6, 6.07) is 5.88. The van der Waals surface area contributed by atoms with Crippen LogP contribution in [0, 0.1) is 11.7 Å². The van der Waals surface area contributed by atoms with Gasteiger partial charge in [-0.25, -0.2) is 4.39 Å². The molecule has 1 atom stereocenters. The largest absolute Gasteiger partial charge is 0.309 e. The zero-order valence-corrected chi connectivity index (χ0v) is 15.0. The van der Waals surface area contributed by atoms with Crippen LogP contribution in [-0.2, 0) is 6.54 Å². The maximum Gasteiger partial charge on any atom is 0.137 e. The molecule has 1 aliphatic heterocycles. The molecular formula is C17H26BrFN2. The first-order valence-electron chi connectivity index (χ1n) is 7.70. The topological polar surface area (TPSA) is 15.3 Å². The molecule has 1 heterocycles. The minimum absolute atomic E-state index is 0.130. The summed E-state index contributed by atoms with van der Waals surface area (Å²) < 4.78 is 13.9. The Morgan fingerprint density at radius 2 is 2.14 bits per heavy atom. The lowest BCUT2D eigenvalue weighted by Gasteiger charge is -2.45. The van der Waals surface area contributed by atoms with Crippen molar-refractivity contribution in [3.63, 3.8) is 0 Å². The maximum absolute atomic E-state index is 13.4. The molecule has 1 aliphatic rings. The molecule has 1 aromatic carbocycles. The monoisotopic (exact) mass is 356 g/mol. The molecule has 0 bridgehead atoms. The van der Waals surface area contributed by atoms with Crippen LogP contribution in [0.3, 0.4) is 0 Å². The van der Waals surface area contributed by atoms with Crippen LogP contribution in [0.1, 0.15) is 39.7 Å². The summed E-state index contributed by atoms with van der Waals surface area (Å²) in [5, 5.41) is 3.64. The van der Waals surface area contributed by atoms with Crippen molar-refractivity contribution >= 4 is 15.9 Å². The van der Waals surface area contributed by atoms with Crippen molar-refractivity contribution in [2.75, 3.05) is 13.1 Å². The molecule has 1 unspecified atom stereocenters. The van der Waals surface area contributed by atoms with Gasteiger partial charge in [-0.3, -0.25) is 4.90 Å². The predicted octanol–water partition coefficient (Wildman–Crippen LogP) is 4.19. The Balaban J connectivity index is 2.13. The summed E-state index contributed by atoms with van der Waals surface area (Å²) in [4.78, 5) is 2.54. The standard InChI is InChI=1S/C17H26BrFN2/c1-12(2)7-14-9-20-17(3,4)11-21(14)10-13-5-6-16(19)15(18)8-13/h5-6,8,12,14,20H,7,9-11H2,1-4H3. The van der Waals surface area contributed by atoms with Crippen LogP contribution in [0.25, 0.3) is 0 Å². The number of benzene rings is 1. The highest BCUT2D eigenvalue weighted by molar-refractivity contribution is 9.10. The lowest BCUT2D eigenvalue weighted by Crippen LogP contribution is -2.61. The van der Waals surface area contributed by atoms with Crippen molar-refractivity contribution < 1.29 is 4.39 Å². The summed E-state index contributed by atoms with van der Waals surface area (Å²) in [6.07, 6.45) is 1.19. The van der Waals surface area contributed by atoms with Gasteiger partial charge in [0.25, 0.3) is 0 Å². The van der Waals surface area contributed by atoms with E-state index in [1.165, 1.54) is 6.42 Å². The molecule has 0 amide bonds. The van der Waals surface area contributed by atoms with E-state index in [1.54, 1.807) is 6.07 Å². The molecule has 2 nitrogen and oxygen atoms in total. The fraction of sp³-hybridized carbons (Fsp3) is 0.647. The SMILES string of the molecule is CC(C)CC1CNC(C)(C)CN1Cc1ccc(F)c(Br)c1. The summed E-state index contributed by atoms with van der Waals surface area (Å²) in [6.45, 7) is 11.9. The summed E-state index contributed by atoms with van der Waals surface area (Å²) in [5.41, 5.74) is 1.29. The Morgan fingerprint density at radius 1 is 1.43 bits per heavy atom. The first-order chi connectivity index (χ1) is 9.77. The van der Waals surface area contributed by atoms with Gasteiger partial charge in [-0.15, -0.1) is 0 Å². The van der Waals surface area contributed by atoms with Crippen LogP contribution in [0.5, 0.6) is 0 Å². The first kappa shape index (κ1) is 16.9. The van der Waals surface area contributed by atoms with Gasteiger partial charge in [0.2, 0.25) is 0 Å². The maximum atomic E-state index is 13.4. The van der Waals surface area contributed by atoms with E-state index in [0.29, 0.717) is 16.4 Å². The van der Waals surface area contributed by atoms with Crippen molar-refractivity contribution in [1.29, 1.82) is 0 Å². The minimum atomic E-state index is -0.196. The molecule has 4 heteroatoms. The van der Waals surface area contributed by atoms with E-state index >= 15 is 0 Å². The Hall–Kier alpha value is -0.450. The van der Waals surface area contributed by atoms with E-state index in [1.807, 2.05) is 12.1 Å². The van der Waals surface area contributed by atoms with E-state index in [-0.39, 0.29) is 11.4 Å². The van der Waals surface area contributed by atoms with Crippen molar-refractivity contribution in [2.45, 2.75) is 52.2 Å². The second-order valence-corrected chi connectivity index (χ2v) is 8.06. The highest BCUT2D eigenvalue weighted by Gasteiger charge is 2.32. The number of rotatable bonds is 4. The molecular weight excluding hydrogens is 331 g/mol. The average Bonchev–Trinajstić information content (AvgIpc) is 2.36. The Bertz CT molecular complexity index is 488. The highest BCUT2D eigenvalue weighted by Crippen LogP contribution is 2.24. The highest BCUT2D eigenvalue weighted by atomic mass is 79.9. The zero-order chi connectivity index (χ0) is 15.6. The molecule has 21 heavy (non-hydrogen) atoms. The summed E-state index contributed by atoms with van der Waals surface area (Å²) in [5.74, 6) is 0.485. The smallest absolute Gasteiger partial charge is 0.137 e. The van der Waals surface area contributed by atoms with Crippen LogP contribution in [0.2, 0.25) is 0 Å². The van der Waals surface area contributed by atoms with Gasteiger partial charge in [0.1, 0.15) is 5.82 Å². The van der Waals surface area contributed by atoms with Gasteiger partial charge in [-0.2, -0.15) is 0 Å². The van der Waals surface area contributed by atoms with E-state index in [9.17, 15) is 4.39 Å². The number of hydrogen-bond acceptors (Lipinski definition) is 2. The third-order valence-electron chi connectivity index (χ3n) is 4.04. The zero-order valence-electron chi connectivity index (χ0n) is 13.4. The third-order valence-corrected chi connectivity index (χ3v) is 4.65. The Kier molecular flexibility index (Phi) is 5.44. The van der Waals surface area contributed by atoms with Gasteiger partial charge < -0.3 is 5.32 Å². The molecule has 1 saturated heterocycles. The molecule has 118 valence electrons. The molecule has 0 saturated carbocycles. The van der Waals surface area contributed by atoms with Crippen molar-refractivity contribution in [2.24, 2.45) is 5.92 Å². The van der Waals surface area contributed by atoms with Gasteiger partial charge in [0.05, 0.1) is 4.47 Å². The number of hydrogen-bond donors (Lipinski definition) is 1. The second kappa shape index (κ2) is 6.76. The fourth-order valence-electron chi connectivity index (χ4n) is 3.05. The molecule has 1 aromatic rings. The lowest BCUT2D eigenvalue weighted by molar-refractivity contribution is 0.0759. The van der Waals surface area contributed by atoms with E-state index in [4.69, 9.17) is 0 Å². The number of piperazine rings is 1. The first-order valence-corrected chi connectivity index (χ1v) is 8.49. The fourth-order valence-corrected chi connectivity index (χ4v) is 3.48. The van der Waals surface area contributed by atoms with E-state index < -0.39 is 0 Å². The van der Waals surface area contributed by atoms with Crippen molar-refractivity contribution in [3.8, 4) is 0 Å². The van der Waals surface area contributed by atoms with Gasteiger partial charge in [0, 0.05) is 31.2 Å². The molecule has 0 aliphatic carbocycles. The second-order valence-electron chi connectivity index (χ2n) is 7.20. The Labute approximate surface area is 136 Å². The van der Waals surface area contributed by atoms with E-state index in [0.717, 1.165) is 25.2 Å². The summed E-state index contributed by atoms with van der Waals surface area (Å²) >= 11 is 3.28. The molecule has 1 fully saturated rings. The van der Waals surface area contributed by atoms with E-state index in [2.05, 4.69) is 53.8 Å². The average molecular weight is 357 g/mol. The van der Waals surface area contributed by atoms with Crippen LogP contribution in [0.15, 0.2) is 22.7 Å². The number of nitrogens with one attached hydrogen (secondary N) is 1. The van der Waals surface area contributed by atoms with Crippen molar-refractivity contribution in [3.05, 3.63) is 34.1 Å². The quantitative estimate of drug-likeness (QED) is 0.869. The van der Waals surface area contributed by atoms with Crippen molar-refractivity contribution in [1.82, 2.24) is 10.2 Å². The Morgan fingerprint density at radius 3 is 2.76 bits per heavy atom. The summed E-state index contributed by atoms with van der Waals surface area (Å²) in [7, 11) is 0. The molecule has 0 radical (unpaired) electrons. The lowest BCUT2D eigenvalue weighted by atomic mass is 9.93. The van der Waals surface area contributed by atoms with Crippen LogP contribution < -0.4 is 5.32 Å². The minimum Gasteiger partial charge on any atom is -0.309 e. The predicted molar refractivity (Wildman–Crippen MR) is 89.8 cm³/mol. The normalized spacial score (nSPS) is 22.7.